The largest absolute Gasteiger partial charge is 0.480 e. The standard InChI is InChI=1S/C9H9BrFNO2/c1-9(12,8(13)14)7-5(10)3-2-4-6(7)11/h2-4H,12H2,1H3,(H,13,14)/t9-/m0/s1. The third-order valence-electron chi connectivity index (χ3n) is 1.93. The minimum absolute atomic E-state index is 0.0486. The van der Waals surface area contributed by atoms with Crippen LogP contribution in [-0.4, -0.2) is 11.1 Å². The third kappa shape index (κ3) is 1.78. The van der Waals surface area contributed by atoms with E-state index >= 15 is 0 Å². The molecule has 1 atom stereocenters. The maximum absolute atomic E-state index is 13.3. The monoisotopic (exact) mass is 261 g/mol. The van der Waals surface area contributed by atoms with Crippen molar-refractivity contribution < 1.29 is 14.3 Å². The molecule has 76 valence electrons. The molecule has 1 rings (SSSR count). The highest BCUT2D eigenvalue weighted by molar-refractivity contribution is 9.10. The van der Waals surface area contributed by atoms with Crippen LogP contribution >= 0.6 is 15.9 Å². The Balaban J connectivity index is 3.38. The molecule has 14 heavy (non-hydrogen) atoms. The fourth-order valence-electron chi connectivity index (χ4n) is 1.10. The molecule has 0 saturated carbocycles. The smallest absolute Gasteiger partial charge is 0.328 e. The van der Waals surface area contributed by atoms with E-state index in [1.165, 1.54) is 19.1 Å². The van der Waals surface area contributed by atoms with Crippen LogP contribution in [0.1, 0.15) is 12.5 Å². The Hall–Kier alpha value is -0.940. The quantitative estimate of drug-likeness (QED) is 0.854. The van der Waals surface area contributed by atoms with E-state index in [0.29, 0.717) is 4.47 Å². The Morgan fingerprint density at radius 3 is 2.64 bits per heavy atom. The van der Waals surface area contributed by atoms with Crippen molar-refractivity contribution in [3.05, 3.63) is 34.1 Å². The molecule has 0 saturated heterocycles. The van der Waals surface area contributed by atoms with Crippen LogP contribution in [0.25, 0.3) is 0 Å². The molecular formula is C9H9BrFNO2. The molecule has 0 unspecified atom stereocenters. The molecule has 1 aromatic carbocycles. The lowest BCUT2D eigenvalue weighted by molar-refractivity contribution is -0.143. The van der Waals surface area contributed by atoms with E-state index in [0.717, 1.165) is 0 Å². The number of carboxylic acids is 1. The van der Waals surface area contributed by atoms with Gasteiger partial charge in [0.1, 0.15) is 11.4 Å². The van der Waals surface area contributed by atoms with Crippen LogP contribution < -0.4 is 5.73 Å². The molecule has 0 aliphatic carbocycles. The van der Waals surface area contributed by atoms with Crippen LogP contribution in [0.5, 0.6) is 0 Å². The molecule has 3 nitrogen and oxygen atoms in total. The number of aliphatic carboxylic acids is 1. The van der Waals surface area contributed by atoms with E-state index < -0.39 is 17.3 Å². The van der Waals surface area contributed by atoms with Crippen LogP contribution in [0.15, 0.2) is 22.7 Å². The fourth-order valence-corrected chi connectivity index (χ4v) is 1.85. The summed E-state index contributed by atoms with van der Waals surface area (Å²) < 4.78 is 13.7. The predicted molar refractivity (Wildman–Crippen MR) is 53.3 cm³/mol. The first-order valence-corrected chi connectivity index (χ1v) is 4.63. The SMILES string of the molecule is C[C@@](N)(C(=O)O)c1c(F)cccc1Br. The van der Waals surface area contributed by atoms with Crippen molar-refractivity contribution in [2.24, 2.45) is 5.73 Å². The Morgan fingerprint density at radius 2 is 2.21 bits per heavy atom. The minimum atomic E-state index is -1.73. The van der Waals surface area contributed by atoms with E-state index in [1.54, 1.807) is 6.07 Å². The number of halogens is 2. The summed E-state index contributed by atoms with van der Waals surface area (Å²) in [5.41, 5.74) is 3.73. The zero-order valence-electron chi connectivity index (χ0n) is 7.42. The van der Waals surface area contributed by atoms with Gasteiger partial charge in [0.25, 0.3) is 0 Å². The number of nitrogens with two attached hydrogens (primary N) is 1. The molecule has 0 fully saturated rings. The highest BCUT2D eigenvalue weighted by Crippen LogP contribution is 2.29. The van der Waals surface area contributed by atoms with E-state index in [9.17, 15) is 9.18 Å². The molecule has 3 N–H and O–H groups in total. The zero-order chi connectivity index (χ0) is 10.9. The second-order valence-corrected chi connectivity index (χ2v) is 3.96. The summed E-state index contributed by atoms with van der Waals surface area (Å²) in [4.78, 5) is 10.8. The number of carboxylic acid groups (broad SMARTS) is 1. The average Bonchev–Trinajstić information content (AvgIpc) is 2.02. The lowest BCUT2D eigenvalue weighted by atomic mass is 9.93. The summed E-state index contributed by atoms with van der Waals surface area (Å²) in [5, 5.41) is 8.83. The molecule has 5 heteroatoms. The molecular weight excluding hydrogens is 253 g/mol. The molecule has 0 aliphatic heterocycles. The van der Waals surface area contributed by atoms with Gasteiger partial charge in [-0.1, -0.05) is 22.0 Å². The molecule has 0 heterocycles. The summed E-state index contributed by atoms with van der Waals surface area (Å²) in [5.74, 6) is -1.91. The van der Waals surface area contributed by atoms with Crippen molar-refractivity contribution in [3.63, 3.8) is 0 Å². The average molecular weight is 262 g/mol. The topological polar surface area (TPSA) is 63.3 Å². The minimum Gasteiger partial charge on any atom is -0.480 e. The maximum atomic E-state index is 13.3. The van der Waals surface area contributed by atoms with E-state index in [2.05, 4.69) is 15.9 Å². The molecule has 0 bridgehead atoms. The van der Waals surface area contributed by atoms with E-state index in [4.69, 9.17) is 10.8 Å². The summed E-state index contributed by atoms with van der Waals surface area (Å²) >= 11 is 3.07. The lowest BCUT2D eigenvalue weighted by Crippen LogP contribution is -2.42. The maximum Gasteiger partial charge on any atom is 0.328 e. The van der Waals surface area contributed by atoms with Gasteiger partial charge < -0.3 is 10.8 Å². The second kappa shape index (κ2) is 3.67. The number of hydrogen-bond acceptors (Lipinski definition) is 2. The molecule has 0 aliphatic rings. The number of rotatable bonds is 2. The number of hydrogen-bond donors (Lipinski definition) is 2. The highest BCUT2D eigenvalue weighted by atomic mass is 79.9. The zero-order valence-corrected chi connectivity index (χ0v) is 9.01. The molecule has 0 spiro atoms. The van der Waals surface area contributed by atoms with Crippen molar-refractivity contribution in [1.82, 2.24) is 0 Å². The third-order valence-corrected chi connectivity index (χ3v) is 2.59. The van der Waals surface area contributed by atoms with Gasteiger partial charge in [-0.15, -0.1) is 0 Å². The summed E-state index contributed by atoms with van der Waals surface area (Å²) in [6.07, 6.45) is 0. The van der Waals surface area contributed by atoms with E-state index in [-0.39, 0.29) is 5.56 Å². The summed E-state index contributed by atoms with van der Waals surface area (Å²) in [7, 11) is 0. The van der Waals surface area contributed by atoms with Gasteiger partial charge in [0.2, 0.25) is 0 Å². The van der Waals surface area contributed by atoms with Crippen LogP contribution in [0.3, 0.4) is 0 Å². The van der Waals surface area contributed by atoms with Gasteiger partial charge in [-0.3, -0.25) is 0 Å². The van der Waals surface area contributed by atoms with Crippen LogP contribution in [0.4, 0.5) is 4.39 Å². The van der Waals surface area contributed by atoms with Crippen LogP contribution in [-0.2, 0) is 10.3 Å². The lowest BCUT2D eigenvalue weighted by Gasteiger charge is -2.21. The first kappa shape index (κ1) is 11.1. The Labute approximate surface area is 88.9 Å². The van der Waals surface area contributed by atoms with Crippen LogP contribution in [0.2, 0.25) is 0 Å². The van der Waals surface area contributed by atoms with Crippen LogP contribution in [0, 0.1) is 5.82 Å². The fraction of sp³-hybridized carbons (Fsp3) is 0.222. The first-order chi connectivity index (χ1) is 6.37. The van der Waals surface area contributed by atoms with Crippen molar-refractivity contribution >= 4 is 21.9 Å². The van der Waals surface area contributed by atoms with Gasteiger partial charge in [-0.2, -0.15) is 0 Å². The molecule has 0 radical (unpaired) electrons. The Morgan fingerprint density at radius 1 is 1.64 bits per heavy atom. The van der Waals surface area contributed by atoms with Gasteiger partial charge in [0, 0.05) is 10.0 Å². The van der Waals surface area contributed by atoms with E-state index in [1.807, 2.05) is 0 Å². The van der Waals surface area contributed by atoms with Crippen molar-refractivity contribution in [1.29, 1.82) is 0 Å². The van der Waals surface area contributed by atoms with Crippen molar-refractivity contribution in [2.45, 2.75) is 12.5 Å². The summed E-state index contributed by atoms with van der Waals surface area (Å²) in [6.45, 7) is 1.25. The summed E-state index contributed by atoms with van der Waals surface area (Å²) in [6, 6.07) is 4.20. The predicted octanol–water partition coefficient (Wildman–Crippen LogP) is 1.85. The Bertz CT molecular complexity index is 359. The Kier molecular flexibility index (Phi) is 2.92. The molecule has 1 aromatic rings. The van der Waals surface area contributed by atoms with Gasteiger partial charge in [-0.25, -0.2) is 9.18 Å². The van der Waals surface area contributed by atoms with Gasteiger partial charge in [-0.05, 0) is 19.1 Å². The van der Waals surface area contributed by atoms with Crippen molar-refractivity contribution in [2.75, 3.05) is 0 Å². The molecule has 0 amide bonds. The van der Waals surface area contributed by atoms with Crippen molar-refractivity contribution in [3.8, 4) is 0 Å². The normalized spacial score (nSPS) is 14.9. The number of benzene rings is 1. The number of carbonyl (C=O) groups is 1. The van der Waals surface area contributed by atoms with Gasteiger partial charge in [0.15, 0.2) is 0 Å². The second-order valence-electron chi connectivity index (χ2n) is 3.10. The first-order valence-electron chi connectivity index (χ1n) is 3.84. The van der Waals surface area contributed by atoms with Gasteiger partial charge >= 0.3 is 5.97 Å². The highest BCUT2D eigenvalue weighted by Gasteiger charge is 2.34. The molecule has 0 aromatic heterocycles. The van der Waals surface area contributed by atoms with Gasteiger partial charge in [0.05, 0.1) is 0 Å².